The molecule has 2 aromatic heterocycles. The molecule has 10 nitrogen and oxygen atoms in total. The molecule has 0 unspecified atom stereocenters. The third kappa shape index (κ3) is 8.46. The summed E-state index contributed by atoms with van der Waals surface area (Å²) in [6.45, 7) is 7.31. The molecule has 2 fully saturated rings. The number of nitrogens with zero attached hydrogens (tertiary/aromatic N) is 5. The number of hydrogen-bond donors (Lipinski definition) is 2. The van der Waals surface area contributed by atoms with Crippen LogP contribution in [0.1, 0.15) is 81.6 Å². The van der Waals surface area contributed by atoms with E-state index >= 15 is 0 Å². The lowest BCUT2D eigenvalue weighted by atomic mass is 9.95. The molecule has 2 N–H and O–H groups in total. The van der Waals surface area contributed by atoms with E-state index in [0.717, 1.165) is 50.7 Å². The Labute approximate surface area is 289 Å². The zero-order valence-corrected chi connectivity index (χ0v) is 28.8. The molecule has 1 aliphatic heterocycles. The molecule has 2 amide bonds. The van der Waals surface area contributed by atoms with Gasteiger partial charge < -0.3 is 24.8 Å². The zero-order valence-electron chi connectivity index (χ0n) is 28.1. The van der Waals surface area contributed by atoms with Gasteiger partial charge in [0.25, 0.3) is 5.91 Å². The molecule has 13 heteroatoms. The number of fused-ring (bicyclic) bond motifs is 1. The van der Waals surface area contributed by atoms with Crippen molar-refractivity contribution >= 4 is 40.7 Å². The number of hydrogen-bond acceptors (Lipinski definition) is 7. The van der Waals surface area contributed by atoms with Gasteiger partial charge in [-0.25, -0.2) is 23.5 Å². The van der Waals surface area contributed by atoms with Crippen LogP contribution in [0.2, 0.25) is 5.02 Å². The number of halogens is 3. The molecular formula is C36H42ClF2N7O3. The average molecular weight is 694 g/mol. The van der Waals surface area contributed by atoms with Crippen LogP contribution >= 0.6 is 11.6 Å². The first kappa shape index (κ1) is 34.5. The zero-order chi connectivity index (χ0) is 34.7. The van der Waals surface area contributed by atoms with E-state index in [2.05, 4.69) is 15.6 Å². The van der Waals surface area contributed by atoms with Crippen molar-refractivity contribution in [3.05, 3.63) is 70.4 Å². The number of carbonyl (C=O) groups is 2. The Morgan fingerprint density at radius 2 is 1.80 bits per heavy atom. The lowest BCUT2D eigenvalue weighted by Crippen LogP contribution is -2.43. The Morgan fingerprint density at radius 1 is 1.00 bits per heavy atom. The second kappa shape index (κ2) is 14.7. The monoisotopic (exact) mass is 693 g/mol. The Bertz CT molecular complexity index is 1840. The first-order valence-electron chi connectivity index (χ1n) is 16.9. The lowest BCUT2D eigenvalue weighted by molar-refractivity contribution is 0.0158. The number of carbonyl (C=O) groups excluding carboxylic acids is 2. The van der Waals surface area contributed by atoms with Crippen LogP contribution in [-0.4, -0.2) is 61.2 Å². The number of benzene rings is 2. The molecule has 260 valence electrons. The van der Waals surface area contributed by atoms with Crippen LogP contribution in [-0.2, 0) is 17.8 Å². The summed E-state index contributed by atoms with van der Waals surface area (Å²) in [4.78, 5) is 41.9. The van der Waals surface area contributed by atoms with Crippen LogP contribution in [0.4, 0.5) is 19.5 Å². The minimum absolute atomic E-state index is 0.0605. The van der Waals surface area contributed by atoms with Crippen LogP contribution < -0.4 is 10.6 Å². The highest BCUT2D eigenvalue weighted by atomic mass is 35.5. The van der Waals surface area contributed by atoms with E-state index in [9.17, 15) is 18.4 Å². The maximum absolute atomic E-state index is 13.8. The van der Waals surface area contributed by atoms with Crippen molar-refractivity contribution in [2.45, 2.75) is 90.4 Å². The molecule has 1 aliphatic carbocycles. The molecule has 6 rings (SSSR count). The number of amides is 2. The van der Waals surface area contributed by atoms with E-state index in [-0.39, 0.29) is 36.5 Å². The summed E-state index contributed by atoms with van der Waals surface area (Å²) in [6.07, 6.45) is 8.33. The normalized spacial score (nSPS) is 17.3. The number of likely N-dealkylation sites (tertiary alicyclic amines) is 1. The summed E-state index contributed by atoms with van der Waals surface area (Å²) in [7, 11) is 0. The average Bonchev–Trinajstić information content (AvgIpc) is 3.42. The van der Waals surface area contributed by atoms with Crippen molar-refractivity contribution in [2.75, 3.05) is 18.4 Å². The summed E-state index contributed by atoms with van der Waals surface area (Å²) >= 11 is 6.88. The predicted molar refractivity (Wildman–Crippen MR) is 184 cm³/mol. The first-order valence-corrected chi connectivity index (χ1v) is 17.3. The fraction of sp³-hybridized carbons (Fsp3) is 0.472. The van der Waals surface area contributed by atoms with Gasteiger partial charge in [-0.2, -0.15) is 4.98 Å². The van der Waals surface area contributed by atoms with Crippen LogP contribution in [0.5, 0.6) is 0 Å². The maximum Gasteiger partial charge on any atom is 0.410 e. The van der Waals surface area contributed by atoms with Crippen LogP contribution in [0.15, 0.2) is 42.6 Å². The fourth-order valence-corrected chi connectivity index (χ4v) is 6.80. The van der Waals surface area contributed by atoms with E-state index in [0.29, 0.717) is 58.3 Å². The topological polar surface area (TPSA) is 114 Å². The van der Waals surface area contributed by atoms with Gasteiger partial charge in [0.05, 0.1) is 11.2 Å². The predicted octanol–water partition coefficient (Wildman–Crippen LogP) is 7.75. The minimum atomic E-state index is -0.930. The molecule has 0 radical (unpaired) electrons. The number of aromatic nitrogens is 4. The van der Waals surface area contributed by atoms with Crippen molar-refractivity contribution in [1.29, 1.82) is 0 Å². The Hall–Kier alpha value is -4.32. The number of piperidine rings is 1. The van der Waals surface area contributed by atoms with Crippen LogP contribution in [0.25, 0.3) is 22.6 Å². The van der Waals surface area contributed by atoms with Gasteiger partial charge in [-0.3, -0.25) is 4.79 Å². The molecule has 4 aromatic rings. The number of imidazole rings is 1. The highest BCUT2D eigenvalue weighted by molar-refractivity contribution is 6.33. The van der Waals surface area contributed by atoms with Crippen molar-refractivity contribution in [3.8, 4) is 11.4 Å². The van der Waals surface area contributed by atoms with Gasteiger partial charge in [0.2, 0.25) is 5.95 Å². The van der Waals surface area contributed by atoms with Gasteiger partial charge in [0, 0.05) is 43.3 Å². The third-order valence-electron chi connectivity index (χ3n) is 8.95. The molecule has 1 saturated carbocycles. The number of ether oxygens (including phenoxy) is 1. The smallest absolute Gasteiger partial charge is 0.410 e. The van der Waals surface area contributed by atoms with E-state index in [1.54, 1.807) is 29.3 Å². The van der Waals surface area contributed by atoms with Gasteiger partial charge in [-0.05, 0) is 88.3 Å². The summed E-state index contributed by atoms with van der Waals surface area (Å²) < 4.78 is 34.9. The minimum Gasteiger partial charge on any atom is -0.444 e. The largest absolute Gasteiger partial charge is 0.444 e. The van der Waals surface area contributed by atoms with Crippen LogP contribution in [0.3, 0.4) is 0 Å². The number of anilines is 1. The van der Waals surface area contributed by atoms with Crippen molar-refractivity contribution in [1.82, 2.24) is 29.7 Å². The molecule has 3 heterocycles. The van der Waals surface area contributed by atoms with Gasteiger partial charge >= 0.3 is 6.09 Å². The molecular weight excluding hydrogens is 652 g/mol. The quantitative estimate of drug-likeness (QED) is 0.194. The summed E-state index contributed by atoms with van der Waals surface area (Å²) in [5.41, 5.74) is 2.11. The molecule has 1 atom stereocenters. The second-order valence-electron chi connectivity index (χ2n) is 14.0. The highest BCUT2D eigenvalue weighted by Crippen LogP contribution is 2.33. The molecule has 1 saturated heterocycles. The van der Waals surface area contributed by atoms with Gasteiger partial charge in [-0.1, -0.05) is 36.9 Å². The highest BCUT2D eigenvalue weighted by Gasteiger charge is 2.29. The Kier molecular flexibility index (Phi) is 10.3. The summed E-state index contributed by atoms with van der Waals surface area (Å²) in [5, 5.41) is 6.61. The molecule has 0 bridgehead atoms. The summed E-state index contributed by atoms with van der Waals surface area (Å²) in [5.74, 6) is -1.10. The number of nitrogens with one attached hydrogen (secondary N) is 2. The van der Waals surface area contributed by atoms with E-state index in [4.69, 9.17) is 26.3 Å². The second-order valence-corrected chi connectivity index (χ2v) is 14.4. The SMILES string of the molecule is CC(C)(C)OC(=O)N1CCC[C@@H](Cn2c(-c3ccc(C(=O)NC4CCCCC4)cc3Cl)nc3cnc(NCc4ccc(F)c(F)c4)nc32)C1. The van der Waals surface area contributed by atoms with E-state index < -0.39 is 17.2 Å². The Morgan fingerprint density at radius 3 is 2.53 bits per heavy atom. The molecule has 0 spiro atoms. The first-order chi connectivity index (χ1) is 23.4. The molecule has 2 aromatic carbocycles. The standard InChI is InChI=1S/C36H42ClF2N7O3/c1-36(2,3)49-35(48)45-15-7-8-23(20-45)21-46-31(26-13-12-24(17-27(26)37)33(47)42-25-9-5-4-6-10-25)43-30-19-41-34(44-32(30)46)40-18-22-11-14-28(38)29(39)16-22/h11-14,16-17,19,23,25H,4-10,15,18,20-21H2,1-3H3,(H,42,47)(H,40,41,44)/t23-/m1/s1. The Balaban J connectivity index is 1.30. The van der Waals surface area contributed by atoms with Crippen molar-refractivity contribution < 1.29 is 23.1 Å². The number of rotatable bonds is 8. The van der Waals surface area contributed by atoms with E-state index in [1.807, 2.05) is 25.3 Å². The lowest BCUT2D eigenvalue weighted by Gasteiger charge is -2.34. The molecule has 49 heavy (non-hydrogen) atoms. The third-order valence-corrected chi connectivity index (χ3v) is 9.26. The van der Waals surface area contributed by atoms with Gasteiger partial charge in [0.1, 0.15) is 16.9 Å². The van der Waals surface area contributed by atoms with Gasteiger partial charge in [-0.15, -0.1) is 0 Å². The van der Waals surface area contributed by atoms with Crippen LogP contribution in [0, 0.1) is 17.6 Å². The fourth-order valence-electron chi connectivity index (χ4n) is 6.53. The van der Waals surface area contributed by atoms with Gasteiger partial charge in [0.15, 0.2) is 17.3 Å². The molecule has 2 aliphatic rings. The summed E-state index contributed by atoms with van der Waals surface area (Å²) in [6, 6.07) is 9.11. The van der Waals surface area contributed by atoms with Crippen molar-refractivity contribution in [3.63, 3.8) is 0 Å². The van der Waals surface area contributed by atoms with Crippen molar-refractivity contribution in [2.24, 2.45) is 5.92 Å². The maximum atomic E-state index is 13.8. The van der Waals surface area contributed by atoms with E-state index in [1.165, 1.54) is 12.5 Å².